The van der Waals surface area contributed by atoms with Gasteiger partial charge in [-0.25, -0.2) is 0 Å². The first-order valence-electron chi connectivity index (χ1n) is 6.43. The van der Waals surface area contributed by atoms with Crippen LogP contribution in [-0.2, 0) is 0 Å². The van der Waals surface area contributed by atoms with Crippen LogP contribution in [0.5, 0.6) is 0 Å². The van der Waals surface area contributed by atoms with E-state index in [1.54, 1.807) is 35.6 Å². The lowest BCUT2D eigenvalue weighted by Crippen LogP contribution is -2.05. The van der Waals surface area contributed by atoms with Crippen LogP contribution in [0, 0.1) is 34.0 Å². The molecule has 0 aliphatic heterocycles. The highest BCUT2D eigenvalue weighted by atomic mass is 32.1. The Morgan fingerprint density at radius 1 is 0.909 bits per heavy atom. The average molecular weight is 304 g/mol. The molecule has 0 saturated carbocycles. The van der Waals surface area contributed by atoms with E-state index in [-0.39, 0.29) is 11.1 Å². The van der Waals surface area contributed by atoms with Gasteiger partial charge in [-0.1, -0.05) is 24.3 Å². The van der Waals surface area contributed by atoms with Gasteiger partial charge in [0.1, 0.15) is 23.8 Å². The number of nitriles is 3. The van der Waals surface area contributed by atoms with Crippen LogP contribution in [0.2, 0.25) is 0 Å². The van der Waals surface area contributed by atoms with Crippen LogP contribution in [0.1, 0.15) is 5.56 Å². The first-order valence-corrected chi connectivity index (χ1v) is 7.25. The highest BCUT2D eigenvalue weighted by molar-refractivity contribution is 7.19. The summed E-state index contributed by atoms with van der Waals surface area (Å²) in [5.74, 6) is 0. The van der Waals surface area contributed by atoms with Crippen molar-refractivity contribution in [2.24, 2.45) is 0 Å². The van der Waals surface area contributed by atoms with Gasteiger partial charge in [-0.05, 0) is 23.3 Å². The third-order valence-corrected chi connectivity index (χ3v) is 4.38. The molecule has 0 bridgehead atoms. The monoisotopic (exact) mass is 304 g/mol. The maximum atomic E-state index is 9.15. The second kappa shape index (κ2) is 6.59. The molecule has 2 rings (SSSR count). The Labute approximate surface area is 133 Å². The van der Waals surface area contributed by atoms with Gasteiger partial charge in [-0.2, -0.15) is 15.8 Å². The molecule has 4 nitrogen and oxygen atoms in total. The Morgan fingerprint density at radius 2 is 1.55 bits per heavy atom. The smallest absolute Gasteiger partial charge is 0.148 e. The molecule has 1 aromatic carbocycles. The molecule has 0 aliphatic carbocycles. The molecule has 2 aromatic rings. The second-order valence-electron chi connectivity index (χ2n) is 4.70. The van der Waals surface area contributed by atoms with Crippen molar-refractivity contribution >= 4 is 21.9 Å². The number of anilines is 1. The first-order chi connectivity index (χ1) is 10.6. The zero-order valence-electron chi connectivity index (χ0n) is 12.2. The van der Waals surface area contributed by atoms with E-state index in [0.717, 1.165) is 15.4 Å². The Kier molecular flexibility index (Phi) is 4.59. The molecular weight excluding hydrogens is 292 g/mol. The third-order valence-electron chi connectivity index (χ3n) is 3.08. The van der Waals surface area contributed by atoms with Gasteiger partial charge in [0.15, 0.2) is 0 Å². The molecule has 0 unspecified atom stereocenters. The fourth-order valence-electron chi connectivity index (χ4n) is 1.93. The lowest BCUT2D eigenvalue weighted by Gasteiger charge is -2.07. The van der Waals surface area contributed by atoms with Gasteiger partial charge < -0.3 is 4.90 Å². The molecule has 0 spiro atoms. The van der Waals surface area contributed by atoms with Crippen LogP contribution in [0.4, 0.5) is 5.00 Å². The van der Waals surface area contributed by atoms with Gasteiger partial charge >= 0.3 is 0 Å². The van der Waals surface area contributed by atoms with Crippen LogP contribution in [-0.4, -0.2) is 14.1 Å². The van der Waals surface area contributed by atoms with Crippen molar-refractivity contribution in [2.45, 2.75) is 0 Å². The molecule has 0 amide bonds. The summed E-state index contributed by atoms with van der Waals surface area (Å²) < 4.78 is 0. The van der Waals surface area contributed by atoms with E-state index in [2.05, 4.69) is 6.07 Å². The van der Waals surface area contributed by atoms with Crippen molar-refractivity contribution in [2.75, 3.05) is 19.0 Å². The normalized spacial score (nSPS) is 9.23. The molecule has 22 heavy (non-hydrogen) atoms. The van der Waals surface area contributed by atoms with Crippen molar-refractivity contribution in [3.8, 4) is 28.6 Å². The average Bonchev–Trinajstić information content (AvgIpc) is 3.03. The van der Waals surface area contributed by atoms with Crippen molar-refractivity contribution < 1.29 is 0 Å². The van der Waals surface area contributed by atoms with E-state index in [4.69, 9.17) is 15.8 Å². The van der Waals surface area contributed by atoms with Crippen LogP contribution >= 0.6 is 11.3 Å². The van der Waals surface area contributed by atoms with Crippen molar-refractivity contribution in [1.82, 2.24) is 0 Å². The van der Waals surface area contributed by atoms with Crippen LogP contribution in [0.15, 0.2) is 42.0 Å². The van der Waals surface area contributed by atoms with E-state index in [0.29, 0.717) is 5.56 Å². The van der Waals surface area contributed by atoms with Crippen LogP contribution in [0.25, 0.3) is 16.0 Å². The van der Waals surface area contributed by atoms with Gasteiger partial charge in [-0.3, -0.25) is 0 Å². The quantitative estimate of drug-likeness (QED) is 0.808. The van der Waals surface area contributed by atoms with E-state index < -0.39 is 0 Å². The van der Waals surface area contributed by atoms with Crippen molar-refractivity contribution in [3.05, 3.63) is 47.5 Å². The van der Waals surface area contributed by atoms with Crippen LogP contribution < -0.4 is 4.90 Å². The number of hydrogen-bond acceptors (Lipinski definition) is 5. The number of nitrogens with zero attached hydrogens (tertiary/aromatic N) is 4. The van der Waals surface area contributed by atoms with E-state index in [1.807, 2.05) is 43.3 Å². The summed E-state index contributed by atoms with van der Waals surface area (Å²) in [6, 6.07) is 16.9. The molecule has 0 N–H and O–H groups in total. The zero-order chi connectivity index (χ0) is 16.1. The fourth-order valence-corrected chi connectivity index (χ4v) is 2.86. The van der Waals surface area contributed by atoms with Gasteiger partial charge in [0, 0.05) is 19.0 Å². The molecule has 0 radical (unpaired) electrons. The Bertz CT molecular complexity index is 821. The summed E-state index contributed by atoms with van der Waals surface area (Å²) in [7, 11) is 3.99. The molecular formula is C17H12N4S. The molecule has 0 fully saturated rings. The molecule has 0 atom stereocenters. The summed E-state index contributed by atoms with van der Waals surface area (Å²) in [6.07, 6.45) is 0. The summed E-state index contributed by atoms with van der Waals surface area (Å²) >= 11 is 1.67. The Hall–Kier alpha value is -3.07. The lowest BCUT2D eigenvalue weighted by molar-refractivity contribution is 1.16. The number of allylic oxidation sites excluding steroid dienone is 2. The Morgan fingerprint density at radius 3 is 2.00 bits per heavy atom. The molecule has 0 saturated heterocycles. The minimum absolute atomic E-state index is 0.108. The van der Waals surface area contributed by atoms with Gasteiger partial charge in [0.05, 0.1) is 10.6 Å². The maximum absolute atomic E-state index is 9.15. The topological polar surface area (TPSA) is 74.6 Å². The lowest BCUT2D eigenvalue weighted by atomic mass is 10.0. The third kappa shape index (κ3) is 2.99. The molecule has 106 valence electrons. The zero-order valence-corrected chi connectivity index (χ0v) is 13.0. The van der Waals surface area contributed by atoms with E-state index in [1.165, 1.54) is 0 Å². The first kappa shape index (κ1) is 15.3. The van der Waals surface area contributed by atoms with Crippen LogP contribution in [0.3, 0.4) is 0 Å². The van der Waals surface area contributed by atoms with Gasteiger partial charge in [0.25, 0.3) is 0 Å². The second-order valence-corrected chi connectivity index (χ2v) is 5.76. The number of thiophene rings is 1. The highest BCUT2D eigenvalue weighted by Crippen LogP contribution is 2.33. The summed E-state index contributed by atoms with van der Waals surface area (Å²) in [5.41, 5.74) is 1.56. The fraction of sp³-hybridized carbons (Fsp3) is 0.118. The minimum atomic E-state index is -0.165. The maximum Gasteiger partial charge on any atom is 0.148 e. The van der Waals surface area contributed by atoms with Gasteiger partial charge in [-0.15, -0.1) is 11.3 Å². The number of benzene rings is 1. The molecule has 1 heterocycles. The highest BCUT2D eigenvalue weighted by Gasteiger charge is 2.10. The number of hydrogen-bond donors (Lipinski definition) is 0. The van der Waals surface area contributed by atoms with E-state index >= 15 is 0 Å². The molecule has 0 aliphatic rings. The summed E-state index contributed by atoms with van der Waals surface area (Å²) in [6.45, 7) is 0. The predicted molar refractivity (Wildman–Crippen MR) is 87.8 cm³/mol. The number of rotatable bonds is 3. The standard InChI is InChI=1S/C17H12N4S/c1-21(2)17-8-7-16(22-17)13-5-3-12(4-6-13)15(11-20)14(9-18)10-19/h3-8H,1-2H3. The van der Waals surface area contributed by atoms with Gasteiger partial charge in [0.2, 0.25) is 0 Å². The molecule has 1 aromatic heterocycles. The molecule has 5 heteroatoms. The predicted octanol–water partition coefficient (Wildman–Crippen LogP) is 3.81. The van der Waals surface area contributed by atoms with Crippen molar-refractivity contribution in [1.29, 1.82) is 15.8 Å². The minimum Gasteiger partial charge on any atom is -0.370 e. The SMILES string of the molecule is CN(C)c1ccc(-c2ccc(C(C#N)=C(C#N)C#N)cc2)s1. The van der Waals surface area contributed by atoms with Crippen molar-refractivity contribution in [3.63, 3.8) is 0 Å². The van der Waals surface area contributed by atoms with E-state index in [9.17, 15) is 0 Å². The summed E-state index contributed by atoms with van der Waals surface area (Å²) in [4.78, 5) is 3.17. The Balaban J connectivity index is 2.39. The largest absolute Gasteiger partial charge is 0.370 e. The summed E-state index contributed by atoms with van der Waals surface area (Å²) in [5, 5.41) is 28.1.